The van der Waals surface area contributed by atoms with Gasteiger partial charge in [0.1, 0.15) is 5.82 Å². The fourth-order valence-corrected chi connectivity index (χ4v) is 2.89. The van der Waals surface area contributed by atoms with Crippen LogP contribution in [0.15, 0.2) is 40.1 Å². The van der Waals surface area contributed by atoms with Crippen molar-refractivity contribution in [3.8, 4) is 11.3 Å². The van der Waals surface area contributed by atoms with Crippen molar-refractivity contribution in [3.63, 3.8) is 0 Å². The Morgan fingerprint density at radius 3 is 2.55 bits per heavy atom. The summed E-state index contributed by atoms with van der Waals surface area (Å²) in [4.78, 5) is 28.3. The lowest BCUT2D eigenvalue weighted by atomic mass is 10.2. The average molecular weight is 320 g/mol. The number of carbonyl (C=O) groups excluding carboxylic acids is 2. The molecule has 7 heteroatoms. The molecule has 3 rings (SSSR count). The molecular weight excluding hydrogens is 307 g/mol. The molecule has 1 saturated heterocycles. The molecule has 0 atom stereocenters. The molecule has 0 bridgehead atoms. The molecule has 2 aromatic rings. The lowest BCUT2D eigenvalue weighted by molar-refractivity contribution is -0.137. The Morgan fingerprint density at radius 1 is 1.18 bits per heavy atom. The van der Waals surface area contributed by atoms with Gasteiger partial charge < -0.3 is 4.42 Å². The summed E-state index contributed by atoms with van der Waals surface area (Å²) in [6.45, 7) is 0.358. The molecule has 1 aliphatic rings. The lowest BCUT2D eigenvalue weighted by Gasteiger charge is -2.11. The topological polar surface area (TPSA) is 63.4 Å². The van der Waals surface area contributed by atoms with E-state index in [1.54, 1.807) is 18.3 Å². The number of benzene rings is 1. The van der Waals surface area contributed by atoms with Gasteiger partial charge in [-0.15, -0.1) is 0 Å². The molecule has 0 spiro atoms. The summed E-state index contributed by atoms with van der Waals surface area (Å²) < 4.78 is 18.4. The first kappa shape index (κ1) is 14.8. The van der Waals surface area contributed by atoms with Crippen LogP contribution in [-0.2, 0) is 9.59 Å². The SMILES string of the molecule is O=C1CCC(=O)N1CCSc1ncc(-c2ccc(F)cc2)o1. The summed E-state index contributed by atoms with van der Waals surface area (Å²) in [5, 5.41) is 0.457. The molecule has 0 radical (unpaired) electrons. The van der Waals surface area contributed by atoms with Crippen molar-refractivity contribution >= 4 is 23.6 Å². The van der Waals surface area contributed by atoms with E-state index < -0.39 is 0 Å². The number of amides is 2. The Kier molecular flexibility index (Phi) is 4.24. The maximum atomic E-state index is 12.9. The number of halogens is 1. The van der Waals surface area contributed by atoms with Crippen LogP contribution in [0.5, 0.6) is 0 Å². The molecule has 5 nitrogen and oxygen atoms in total. The Balaban J connectivity index is 1.57. The van der Waals surface area contributed by atoms with Crippen LogP contribution >= 0.6 is 11.8 Å². The largest absolute Gasteiger partial charge is 0.431 e. The van der Waals surface area contributed by atoms with Gasteiger partial charge >= 0.3 is 0 Å². The van der Waals surface area contributed by atoms with E-state index in [4.69, 9.17) is 4.42 Å². The summed E-state index contributed by atoms with van der Waals surface area (Å²) in [5.41, 5.74) is 0.741. The number of rotatable bonds is 5. The molecule has 1 aromatic carbocycles. The van der Waals surface area contributed by atoms with Crippen molar-refractivity contribution in [1.82, 2.24) is 9.88 Å². The number of imide groups is 1. The van der Waals surface area contributed by atoms with Gasteiger partial charge in [0.2, 0.25) is 11.8 Å². The number of carbonyl (C=O) groups is 2. The number of nitrogens with zero attached hydrogens (tertiary/aromatic N) is 2. The van der Waals surface area contributed by atoms with Gasteiger partial charge in [-0.25, -0.2) is 9.37 Å². The number of likely N-dealkylation sites (tertiary alicyclic amines) is 1. The molecule has 1 fully saturated rings. The lowest BCUT2D eigenvalue weighted by Crippen LogP contribution is -2.31. The Labute approximate surface area is 130 Å². The Morgan fingerprint density at radius 2 is 1.86 bits per heavy atom. The van der Waals surface area contributed by atoms with Crippen LogP contribution < -0.4 is 0 Å². The number of hydrogen-bond acceptors (Lipinski definition) is 5. The molecule has 2 heterocycles. The maximum absolute atomic E-state index is 12.9. The maximum Gasteiger partial charge on any atom is 0.256 e. The minimum absolute atomic E-state index is 0.120. The van der Waals surface area contributed by atoms with Gasteiger partial charge in [-0.3, -0.25) is 14.5 Å². The third kappa shape index (κ3) is 3.19. The normalized spacial score (nSPS) is 14.9. The van der Waals surface area contributed by atoms with Gasteiger partial charge in [0.25, 0.3) is 5.22 Å². The number of thioether (sulfide) groups is 1. The van der Waals surface area contributed by atoms with E-state index >= 15 is 0 Å². The zero-order chi connectivity index (χ0) is 15.5. The predicted octanol–water partition coefficient (Wildman–Crippen LogP) is 2.72. The molecule has 0 saturated carbocycles. The standard InChI is InChI=1S/C15H13FN2O3S/c16-11-3-1-10(2-4-11)12-9-17-15(21-12)22-8-7-18-13(19)5-6-14(18)20/h1-4,9H,5-8H2. The van der Waals surface area contributed by atoms with E-state index in [9.17, 15) is 14.0 Å². The van der Waals surface area contributed by atoms with Crippen molar-refractivity contribution in [2.45, 2.75) is 18.1 Å². The third-order valence-corrected chi connectivity index (χ3v) is 4.13. The van der Waals surface area contributed by atoms with Gasteiger partial charge in [-0.1, -0.05) is 11.8 Å². The second-order valence-corrected chi connectivity index (χ2v) is 5.83. The zero-order valence-electron chi connectivity index (χ0n) is 11.6. The number of oxazole rings is 1. The van der Waals surface area contributed by atoms with Gasteiger partial charge in [-0.2, -0.15) is 0 Å². The van der Waals surface area contributed by atoms with Gasteiger partial charge in [0.15, 0.2) is 5.76 Å². The first-order valence-electron chi connectivity index (χ1n) is 6.81. The van der Waals surface area contributed by atoms with E-state index in [0.29, 0.717) is 36.1 Å². The van der Waals surface area contributed by atoms with Crippen molar-refractivity contribution < 1.29 is 18.4 Å². The minimum atomic E-state index is -0.308. The van der Waals surface area contributed by atoms with Crippen LogP contribution in [0.2, 0.25) is 0 Å². The Bertz CT molecular complexity index is 683. The van der Waals surface area contributed by atoms with Crippen LogP contribution in [0.25, 0.3) is 11.3 Å². The molecular formula is C15H13FN2O3S. The van der Waals surface area contributed by atoms with Crippen LogP contribution in [0, 0.1) is 5.82 Å². The van der Waals surface area contributed by atoms with Gasteiger partial charge in [0.05, 0.1) is 6.20 Å². The highest BCUT2D eigenvalue weighted by Crippen LogP contribution is 2.26. The number of hydrogen-bond donors (Lipinski definition) is 0. The molecule has 1 aromatic heterocycles. The second kappa shape index (κ2) is 6.31. The summed E-state index contributed by atoms with van der Waals surface area (Å²) >= 11 is 1.33. The highest BCUT2D eigenvalue weighted by molar-refractivity contribution is 7.99. The van der Waals surface area contributed by atoms with E-state index in [-0.39, 0.29) is 17.6 Å². The molecule has 0 N–H and O–H groups in total. The fourth-order valence-electron chi connectivity index (χ4n) is 2.17. The summed E-state index contributed by atoms with van der Waals surface area (Å²) in [6.07, 6.45) is 2.18. The molecule has 0 aliphatic carbocycles. The highest BCUT2D eigenvalue weighted by Gasteiger charge is 2.28. The van der Waals surface area contributed by atoms with Crippen LogP contribution in [-0.4, -0.2) is 34.0 Å². The van der Waals surface area contributed by atoms with Crippen molar-refractivity contribution in [2.24, 2.45) is 0 Å². The fraction of sp³-hybridized carbons (Fsp3) is 0.267. The second-order valence-electron chi connectivity index (χ2n) is 4.78. The van der Waals surface area contributed by atoms with E-state index in [1.807, 2.05) is 0 Å². The van der Waals surface area contributed by atoms with Crippen LogP contribution in [0.3, 0.4) is 0 Å². The van der Waals surface area contributed by atoms with Gasteiger partial charge in [0, 0.05) is 30.7 Å². The highest BCUT2D eigenvalue weighted by atomic mass is 32.2. The van der Waals surface area contributed by atoms with Crippen molar-refractivity contribution in [2.75, 3.05) is 12.3 Å². The number of aromatic nitrogens is 1. The molecule has 1 aliphatic heterocycles. The van der Waals surface area contributed by atoms with Crippen molar-refractivity contribution in [3.05, 3.63) is 36.3 Å². The zero-order valence-corrected chi connectivity index (χ0v) is 12.4. The van der Waals surface area contributed by atoms with Crippen LogP contribution in [0.4, 0.5) is 4.39 Å². The van der Waals surface area contributed by atoms with Crippen LogP contribution in [0.1, 0.15) is 12.8 Å². The molecule has 2 amide bonds. The first-order chi connectivity index (χ1) is 10.6. The summed E-state index contributed by atoms with van der Waals surface area (Å²) in [7, 11) is 0. The molecule has 114 valence electrons. The molecule has 0 unspecified atom stereocenters. The predicted molar refractivity (Wildman–Crippen MR) is 78.6 cm³/mol. The quantitative estimate of drug-likeness (QED) is 0.626. The monoisotopic (exact) mass is 320 g/mol. The first-order valence-corrected chi connectivity index (χ1v) is 7.80. The summed E-state index contributed by atoms with van der Waals surface area (Å²) in [5.74, 6) is 0.532. The Hall–Kier alpha value is -2.15. The molecule has 22 heavy (non-hydrogen) atoms. The summed E-state index contributed by atoms with van der Waals surface area (Å²) in [6, 6.07) is 5.95. The minimum Gasteiger partial charge on any atom is -0.431 e. The van der Waals surface area contributed by atoms with E-state index in [0.717, 1.165) is 5.56 Å². The smallest absolute Gasteiger partial charge is 0.256 e. The third-order valence-electron chi connectivity index (χ3n) is 3.31. The van der Waals surface area contributed by atoms with Crippen molar-refractivity contribution in [1.29, 1.82) is 0 Å². The average Bonchev–Trinajstić information content (AvgIpc) is 3.10. The van der Waals surface area contributed by atoms with E-state index in [2.05, 4.69) is 4.98 Å². The van der Waals surface area contributed by atoms with Gasteiger partial charge in [-0.05, 0) is 24.3 Å². The van der Waals surface area contributed by atoms with E-state index in [1.165, 1.54) is 28.8 Å².